The number of halogens is 1. The molecule has 0 spiro atoms. The average molecular weight is 444 g/mol. The molecular formula is C22H26BrN3O2. The maximum Gasteiger partial charge on any atom is 0.333 e. The number of allylic oxidation sites excluding steroid dienone is 7. The Bertz CT molecular complexity index is 903. The van der Waals surface area contributed by atoms with Crippen molar-refractivity contribution in [3.63, 3.8) is 0 Å². The zero-order chi connectivity index (χ0) is 20.1. The zero-order valence-electron chi connectivity index (χ0n) is 16.6. The molecule has 0 saturated heterocycles. The van der Waals surface area contributed by atoms with Crippen molar-refractivity contribution in [2.45, 2.75) is 52.4 Å². The fraction of sp³-hybridized carbons (Fsp3) is 0.409. The highest BCUT2D eigenvalue weighted by Gasteiger charge is 2.20. The maximum absolute atomic E-state index is 11.9. The lowest BCUT2D eigenvalue weighted by atomic mass is 9.93. The van der Waals surface area contributed by atoms with Gasteiger partial charge in [-0.05, 0) is 45.1 Å². The van der Waals surface area contributed by atoms with Crippen LogP contribution in [0.4, 0.5) is 5.82 Å². The van der Waals surface area contributed by atoms with Gasteiger partial charge in [-0.25, -0.2) is 9.79 Å². The van der Waals surface area contributed by atoms with Crippen LogP contribution in [0.1, 0.15) is 56.7 Å². The first-order chi connectivity index (χ1) is 13.5. The Morgan fingerprint density at radius 1 is 1.32 bits per heavy atom. The summed E-state index contributed by atoms with van der Waals surface area (Å²) >= 11 is 3.51. The van der Waals surface area contributed by atoms with Crippen molar-refractivity contribution in [1.82, 2.24) is 10.2 Å². The highest BCUT2D eigenvalue weighted by Crippen LogP contribution is 2.33. The number of hydrogen-bond donors (Lipinski definition) is 1. The molecule has 2 aliphatic carbocycles. The van der Waals surface area contributed by atoms with E-state index in [1.165, 1.54) is 0 Å². The lowest BCUT2D eigenvalue weighted by molar-refractivity contribution is -0.138. The largest absolute Gasteiger partial charge is 0.463 e. The first-order valence-corrected chi connectivity index (χ1v) is 10.6. The van der Waals surface area contributed by atoms with Gasteiger partial charge in [0.15, 0.2) is 5.82 Å². The summed E-state index contributed by atoms with van der Waals surface area (Å²) in [5.41, 5.74) is 5.10. The summed E-state index contributed by atoms with van der Waals surface area (Å²) in [4.78, 5) is 16.7. The molecule has 1 unspecified atom stereocenters. The number of carbonyl (C=O) groups excluding carboxylic acids is 1. The molecule has 1 aromatic rings. The molecule has 0 aliphatic heterocycles. The highest BCUT2D eigenvalue weighted by molar-refractivity contribution is 9.11. The van der Waals surface area contributed by atoms with E-state index in [2.05, 4.69) is 58.2 Å². The number of nitrogens with one attached hydrogen (secondary N) is 1. The standard InChI is InChI=1S/C22H26BrN3O2/c1-4-19(15-6-8-17(9-7-15)22(27)28-5-2)24-21-14(3)20(25-26-21)16-10-12-18(23)13-11-16/h6,8,10,12-13,16H,4-5,7,9,11H2,1-3H3,(H,25,26). The Labute approximate surface area is 174 Å². The third kappa shape index (κ3) is 4.61. The molecule has 1 N–H and O–H groups in total. The van der Waals surface area contributed by atoms with Crippen molar-refractivity contribution in [3.05, 3.63) is 57.3 Å². The number of aromatic amines is 1. The monoisotopic (exact) mass is 443 g/mol. The SMILES string of the molecule is CCOC(=O)C1=CC=C(C(CC)=Nc2n[nH]c(C3C=CC(Br)=CC3)c2C)CC1. The normalized spacial score (nSPS) is 19.8. The van der Waals surface area contributed by atoms with Crippen LogP contribution in [0.25, 0.3) is 0 Å². The van der Waals surface area contributed by atoms with Crippen molar-refractivity contribution in [3.8, 4) is 0 Å². The molecule has 2 aliphatic rings. The number of aromatic nitrogens is 2. The average Bonchev–Trinajstić information content (AvgIpc) is 3.07. The minimum atomic E-state index is -0.221. The molecule has 6 heteroatoms. The van der Waals surface area contributed by atoms with E-state index in [1.54, 1.807) is 0 Å². The van der Waals surface area contributed by atoms with Crippen LogP contribution >= 0.6 is 15.9 Å². The van der Waals surface area contributed by atoms with Crippen molar-refractivity contribution >= 4 is 33.4 Å². The van der Waals surface area contributed by atoms with E-state index < -0.39 is 0 Å². The summed E-state index contributed by atoms with van der Waals surface area (Å²) in [5, 5.41) is 7.65. The minimum Gasteiger partial charge on any atom is -0.463 e. The third-order valence-corrected chi connectivity index (χ3v) is 5.67. The van der Waals surface area contributed by atoms with Crippen LogP contribution in [0.2, 0.25) is 0 Å². The lowest BCUT2D eigenvalue weighted by Gasteiger charge is -2.15. The number of aliphatic imine (C=N–C) groups is 1. The summed E-state index contributed by atoms with van der Waals surface area (Å²) < 4.78 is 6.21. The van der Waals surface area contributed by atoms with E-state index in [4.69, 9.17) is 9.73 Å². The quantitative estimate of drug-likeness (QED) is 0.450. The molecule has 5 nitrogen and oxygen atoms in total. The Balaban J connectivity index is 1.80. The first kappa shape index (κ1) is 20.5. The predicted molar refractivity (Wildman–Crippen MR) is 116 cm³/mol. The van der Waals surface area contributed by atoms with Crippen LogP contribution in [0.3, 0.4) is 0 Å². The van der Waals surface area contributed by atoms with E-state index in [0.29, 0.717) is 18.9 Å². The number of nitrogens with zero attached hydrogens (tertiary/aromatic N) is 2. The molecular weight excluding hydrogens is 418 g/mol. The van der Waals surface area contributed by atoms with Gasteiger partial charge in [0, 0.05) is 32.9 Å². The third-order valence-electron chi connectivity index (χ3n) is 5.08. The van der Waals surface area contributed by atoms with Crippen molar-refractivity contribution in [1.29, 1.82) is 0 Å². The lowest BCUT2D eigenvalue weighted by Crippen LogP contribution is -2.12. The molecule has 0 saturated carbocycles. The van der Waals surface area contributed by atoms with Crippen molar-refractivity contribution in [2.75, 3.05) is 6.61 Å². The first-order valence-electron chi connectivity index (χ1n) is 9.77. The van der Waals surface area contributed by atoms with E-state index in [-0.39, 0.29) is 5.97 Å². The van der Waals surface area contributed by atoms with E-state index in [0.717, 1.165) is 57.7 Å². The summed E-state index contributed by atoms with van der Waals surface area (Å²) in [6, 6.07) is 0. The summed E-state index contributed by atoms with van der Waals surface area (Å²) in [7, 11) is 0. The Hall–Kier alpha value is -2.21. The van der Waals surface area contributed by atoms with Gasteiger partial charge in [0.1, 0.15) is 0 Å². The molecule has 3 rings (SSSR count). The predicted octanol–water partition coefficient (Wildman–Crippen LogP) is 5.73. The van der Waals surface area contributed by atoms with Gasteiger partial charge >= 0.3 is 5.97 Å². The van der Waals surface area contributed by atoms with Crippen LogP contribution in [0.15, 0.2) is 51.0 Å². The number of carbonyl (C=O) groups is 1. The molecule has 0 fully saturated rings. The molecule has 1 heterocycles. The molecule has 1 aromatic heterocycles. The number of esters is 1. The summed E-state index contributed by atoms with van der Waals surface area (Å²) in [6.07, 6.45) is 13.5. The Morgan fingerprint density at radius 3 is 2.68 bits per heavy atom. The number of hydrogen-bond acceptors (Lipinski definition) is 4. The number of ether oxygens (including phenoxy) is 1. The second-order valence-electron chi connectivity index (χ2n) is 6.89. The zero-order valence-corrected chi connectivity index (χ0v) is 18.2. The maximum atomic E-state index is 11.9. The summed E-state index contributed by atoms with van der Waals surface area (Å²) in [6.45, 7) is 6.39. The van der Waals surface area contributed by atoms with Gasteiger partial charge in [-0.15, -0.1) is 0 Å². The second-order valence-corrected chi connectivity index (χ2v) is 7.81. The van der Waals surface area contributed by atoms with Crippen LogP contribution in [-0.2, 0) is 9.53 Å². The van der Waals surface area contributed by atoms with E-state index in [1.807, 2.05) is 19.1 Å². The Kier molecular flexibility index (Phi) is 6.83. The molecule has 0 bridgehead atoms. The van der Waals surface area contributed by atoms with E-state index in [9.17, 15) is 4.79 Å². The van der Waals surface area contributed by atoms with Gasteiger partial charge in [0.25, 0.3) is 0 Å². The Morgan fingerprint density at radius 2 is 2.07 bits per heavy atom. The molecule has 148 valence electrons. The van der Waals surface area contributed by atoms with E-state index >= 15 is 0 Å². The molecule has 0 amide bonds. The topological polar surface area (TPSA) is 67.3 Å². The number of rotatable bonds is 6. The highest BCUT2D eigenvalue weighted by atomic mass is 79.9. The molecule has 1 atom stereocenters. The van der Waals surface area contributed by atoms with Crippen LogP contribution in [0, 0.1) is 6.92 Å². The smallest absolute Gasteiger partial charge is 0.333 e. The molecule has 0 aromatic carbocycles. The molecule has 0 radical (unpaired) electrons. The van der Waals surface area contributed by atoms with Crippen LogP contribution in [0.5, 0.6) is 0 Å². The second kappa shape index (κ2) is 9.32. The van der Waals surface area contributed by atoms with Gasteiger partial charge in [-0.3, -0.25) is 5.10 Å². The fourth-order valence-electron chi connectivity index (χ4n) is 3.46. The van der Waals surface area contributed by atoms with Gasteiger partial charge in [0.05, 0.1) is 6.61 Å². The fourth-order valence-corrected chi connectivity index (χ4v) is 3.80. The van der Waals surface area contributed by atoms with Gasteiger partial charge in [-0.2, -0.15) is 5.10 Å². The van der Waals surface area contributed by atoms with Gasteiger partial charge < -0.3 is 4.74 Å². The molecule has 28 heavy (non-hydrogen) atoms. The van der Waals surface area contributed by atoms with Crippen LogP contribution < -0.4 is 0 Å². The van der Waals surface area contributed by atoms with Gasteiger partial charge in [-0.1, -0.05) is 53.2 Å². The number of H-pyrrole nitrogens is 1. The van der Waals surface area contributed by atoms with Crippen LogP contribution in [-0.4, -0.2) is 28.5 Å². The minimum absolute atomic E-state index is 0.221. The van der Waals surface area contributed by atoms with Crippen molar-refractivity contribution in [2.24, 2.45) is 4.99 Å². The van der Waals surface area contributed by atoms with Gasteiger partial charge in [0.2, 0.25) is 0 Å². The van der Waals surface area contributed by atoms with Crippen molar-refractivity contribution < 1.29 is 9.53 Å². The summed E-state index contributed by atoms with van der Waals surface area (Å²) in [5.74, 6) is 0.823.